The summed E-state index contributed by atoms with van der Waals surface area (Å²) in [5.41, 5.74) is 0. The van der Waals surface area contributed by atoms with E-state index >= 15 is 0 Å². The van der Waals surface area contributed by atoms with Crippen molar-refractivity contribution in [2.24, 2.45) is 0 Å². The third-order valence-electron chi connectivity index (χ3n) is 4.10. The summed E-state index contributed by atoms with van der Waals surface area (Å²) in [6.45, 7) is 3.75. The summed E-state index contributed by atoms with van der Waals surface area (Å²) >= 11 is 1.55. The molecule has 1 aliphatic rings. The fraction of sp³-hybridized carbons (Fsp3) is 0.500. The molecule has 27 heavy (non-hydrogen) atoms. The number of thioether (sulfide) groups is 1. The zero-order chi connectivity index (χ0) is 20.1. The lowest BCUT2D eigenvalue weighted by Gasteiger charge is -2.43. The molecule has 1 saturated heterocycles. The molecule has 1 aliphatic heterocycles. The second-order valence-electron chi connectivity index (χ2n) is 6.27. The maximum atomic E-state index is 13.1. The van der Waals surface area contributed by atoms with Gasteiger partial charge in [-0.3, -0.25) is 4.79 Å². The van der Waals surface area contributed by atoms with Crippen LogP contribution in [0.4, 0.5) is 0 Å². The minimum atomic E-state index is -3.88. The Hall–Kier alpha value is -1.73. The van der Waals surface area contributed by atoms with Crippen LogP contribution in [-0.4, -0.2) is 67.2 Å². The van der Waals surface area contributed by atoms with E-state index in [2.05, 4.69) is 11.8 Å². The third kappa shape index (κ3) is 4.96. The van der Waals surface area contributed by atoms with Crippen molar-refractivity contribution in [2.75, 3.05) is 32.6 Å². The molecule has 1 N–H and O–H groups in total. The molecule has 0 aliphatic carbocycles. The second kappa shape index (κ2) is 8.97. The van der Waals surface area contributed by atoms with Crippen molar-refractivity contribution in [1.82, 2.24) is 4.31 Å². The average molecular weight is 414 g/mol. The average Bonchev–Trinajstić information content (AvgIpc) is 2.64. The SMILES string of the molecule is COC(=O)[C@@H]1N(S(=O)(=O)c2ccc(OCC#CCO)cc2)CCSC1(C)C. The number of sulfonamides is 1. The molecular formula is C18H23NO6S2. The van der Waals surface area contributed by atoms with E-state index in [0.717, 1.165) is 0 Å². The number of aliphatic hydroxyl groups excluding tert-OH is 1. The van der Waals surface area contributed by atoms with Crippen LogP contribution >= 0.6 is 11.8 Å². The molecule has 0 radical (unpaired) electrons. The number of rotatable bonds is 5. The Morgan fingerprint density at radius 3 is 2.59 bits per heavy atom. The Balaban J connectivity index is 2.26. The molecule has 1 atom stereocenters. The van der Waals surface area contributed by atoms with Gasteiger partial charge < -0.3 is 14.6 Å². The van der Waals surface area contributed by atoms with E-state index in [-0.39, 0.29) is 24.7 Å². The van der Waals surface area contributed by atoms with E-state index in [0.29, 0.717) is 11.5 Å². The lowest BCUT2D eigenvalue weighted by molar-refractivity contribution is -0.146. The predicted molar refractivity (Wildman–Crippen MR) is 103 cm³/mol. The van der Waals surface area contributed by atoms with Crippen LogP contribution in [0.1, 0.15) is 13.8 Å². The van der Waals surface area contributed by atoms with Gasteiger partial charge in [-0.25, -0.2) is 8.42 Å². The lowest BCUT2D eigenvalue weighted by atomic mass is 10.0. The molecule has 7 nitrogen and oxygen atoms in total. The number of carbonyl (C=O) groups is 1. The number of carbonyl (C=O) groups excluding carboxylic acids is 1. The van der Waals surface area contributed by atoms with E-state index in [4.69, 9.17) is 14.6 Å². The first-order chi connectivity index (χ1) is 12.7. The molecule has 0 saturated carbocycles. The van der Waals surface area contributed by atoms with E-state index in [1.54, 1.807) is 11.8 Å². The van der Waals surface area contributed by atoms with Gasteiger partial charge in [0.25, 0.3) is 0 Å². The van der Waals surface area contributed by atoms with Gasteiger partial charge in [0.05, 0.1) is 12.0 Å². The molecule has 0 aromatic heterocycles. The van der Waals surface area contributed by atoms with Gasteiger partial charge in [0.15, 0.2) is 0 Å². The largest absolute Gasteiger partial charge is 0.481 e. The van der Waals surface area contributed by atoms with Crippen molar-refractivity contribution in [1.29, 1.82) is 0 Å². The molecular weight excluding hydrogens is 390 g/mol. The number of esters is 1. The van der Waals surface area contributed by atoms with Crippen molar-refractivity contribution in [3.05, 3.63) is 24.3 Å². The monoisotopic (exact) mass is 413 g/mol. The van der Waals surface area contributed by atoms with E-state index in [9.17, 15) is 13.2 Å². The Kier molecular flexibility index (Phi) is 7.17. The standard InChI is InChI=1S/C18H23NO6S2/c1-18(2)16(17(21)24-3)19(10-13-26-18)27(22,23)15-8-6-14(7-9-15)25-12-5-4-11-20/h6-9,16,20H,10-13H2,1-3H3/t16-/m0/s1. The lowest BCUT2D eigenvalue weighted by Crippen LogP contribution is -2.58. The minimum absolute atomic E-state index is 0.0768. The van der Waals surface area contributed by atoms with Gasteiger partial charge >= 0.3 is 5.97 Å². The molecule has 9 heteroatoms. The number of benzene rings is 1. The van der Waals surface area contributed by atoms with Gasteiger partial charge in [-0.2, -0.15) is 16.1 Å². The molecule has 0 bridgehead atoms. The van der Waals surface area contributed by atoms with Crippen LogP contribution in [0.5, 0.6) is 5.75 Å². The normalized spacial score (nSPS) is 19.6. The quantitative estimate of drug-likeness (QED) is 0.571. The Bertz CT molecular complexity index is 824. The fourth-order valence-electron chi connectivity index (χ4n) is 2.80. The fourth-order valence-corrected chi connectivity index (χ4v) is 5.88. The summed E-state index contributed by atoms with van der Waals surface area (Å²) in [5.74, 6) is 5.54. The van der Waals surface area contributed by atoms with Gasteiger partial charge in [-0.1, -0.05) is 11.8 Å². The summed E-state index contributed by atoms with van der Waals surface area (Å²) in [6, 6.07) is 5.03. The molecule has 148 valence electrons. The molecule has 0 spiro atoms. The second-order valence-corrected chi connectivity index (χ2v) is 9.90. The molecule has 1 fully saturated rings. The van der Waals surface area contributed by atoms with Crippen molar-refractivity contribution in [2.45, 2.75) is 29.5 Å². The number of nitrogens with zero attached hydrogens (tertiary/aromatic N) is 1. The number of methoxy groups -OCH3 is 1. The zero-order valence-corrected chi connectivity index (χ0v) is 17.1. The highest BCUT2D eigenvalue weighted by Crippen LogP contribution is 2.38. The maximum Gasteiger partial charge on any atom is 0.325 e. The molecule has 1 aromatic carbocycles. The maximum absolute atomic E-state index is 13.1. The Morgan fingerprint density at radius 2 is 2.00 bits per heavy atom. The molecule has 2 rings (SSSR count). The van der Waals surface area contributed by atoms with Crippen LogP contribution in [0.25, 0.3) is 0 Å². The number of aliphatic hydroxyl groups is 1. The highest BCUT2D eigenvalue weighted by molar-refractivity contribution is 8.00. The van der Waals surface area contributed by atoms with Crippen molar-refractivity contribution < 1.29 is 27.8 Å². The molecule has 0 unspecified atom stereocenters. The third-order valence-corrected chi connectivity index (χ3v) is 7.33. The van der Waals surface area contributed by atoms with Crippen molar-refractivity contribution in [3.8, 4) is 17.6 Å². The first kappa shape index (κ1) is 21.6. The van der Waals surface area contributed by atoms with E-state index in [1.165, 1.54) is 35.7 Å². The first-order valence-corrected chi connectivity index (χ1v) is 10.7. The van der Waals surface area contributed by atoms with Crippen molar-refractivity contribution >= 4 is 27.8 Å². The van der Waals surface area contributed by atoms with Gasteiger partial charge in [-0.05, 0) is 38.1 Å². The highest BCUT2D eigenvalue weighted by atomic mass is 32.2. The molecule has 1 heterocycles. The van der Waals surface area contributed by atoms with Crippen LogP contribution in [0.15, 0.2) is 29.2 Å². The Labute approximate surface area is 164 Å². The highest BCUT2D eigenvalue weighted by Gasteiger charge is 2.48. The van der Waals surface area contributed by atoms with Gasteiger partial charge in [0, 0.05) is 17.0 Å². The van der Waals surface area contributed by atoms with E-state index < -0.39 is 26.8 Å². The summed E-state index contributed by atoms with van der Waals surface area (Å²) in [5, 5.41) is 8.59. The zero-order valence-electron chi connectivity index (χ0n) is 15.5. The summed E-state index contributed by atoms with van der Waals surface area (Å²) < 4.78 is 37.1. The number of hydrogen-bond donors (Lipinski definition) is 1. The summed E-state index contributed by atoms with van der Waals surface area (Å²) in [4.78, 5) is 12.4. The minimum Gasteiger partial charge on any atom is -0.481 e. The van der Waals surface area contributed by atoms with Crippen LogP contribution < -0.4 is 4.74 Å². The smallest absolute Gasteiger partial charge is 0.325 e. The predicted octanol–water partition coefficient (Wildman–Crippen LogP) is 1.12. The van der Waals surface area contributed by atoms with Crippen molar-refractivity contribution in [3.63, 3.8) is 0 Å². The molecule has 1 aromatic rings. The van der Waals surface area contributed by atoms with Gasteiger partial charge in [0.1, 0.15) is 25.0 Å². The summed E-state index contributed by atoms with van der Waals surface area (Å²) in [7, 11) is -2.62. The van der Waals surface area contributed by atoms with Crippen LogP contribution in [0.3, 0.4) is 0 Å². The van der Waals surface area contributed by atoms with E-state index in [1.807, 2.05) is 13.8 Å². The molecule has 0 amide bonds. The van der Waals surface area contributed by atoms with Gasteiger partial charge in [-0.15, -0.1) is 0 Å². The first-order valence-electron chi connectivity index (χ1n) is 8.27. The van der Waals surface area contributed by atoms with Crippen LogP contribution in [0.2, 0.25) is 0 Å². The van der Waals surface area contributed by atoms with Crippen LogP contribution in [-0.2, 0) is 19.6 Å². The summed E-state index contributed by atoms with van der Waals surface area (Å²) in [6.07, 6.45) is 0. The van der Waals surface area contributed by atoms with Crippen LogP contribution in [0, 0.1) is 11.8 Å². The Morgan fingerprint density at radius 1 is 1.33 bits per heavy atom. The topological polar surface area (TPSA) is 93.1 Å². The number of ether oxygens (including phenoxy) is 2. The van der Waals surface area contributed by atoms with Gasteiger partial charge in [0.2, 0.25) is 10.0 Å². The number of hydrogen-bond acceptors (Lipinski definition) is 7.